The predicted molar refractivity (Wildman–Crippen MR) is 105 cm³/mol. The Morgan fingerprint density at radius 1 is 0.741 bits per heavy atom. The van der Waals surface area contributed by atoms with Gasteiger partial charge in [-0.25, -0.2) is 0 Å². The van der Waals surface area contributed by atoms with E-state index in [1.165, 1.54) is 5.56 Å². The van der Waals surface area contributed by atoms with E-state index in [1.807, 2.05) is 48.5 Å². The van der Waals surface area contributed by atoms with Gasteiger partial charge in [-0.1, -0.05) is 0 Å². The molecule has 5 heteroatoms. The first-order valence-electron chi connectivity index (χ1n) is 8.84. The van der Waals surface area contributed by atoms with E-state index in [0.29, 0.717) is 20.2 Å². The van der Waals surface area contributed by atoms with Gasteiger partial charge in [0.2, 0.25) is 0 Å². The monoisotopic (exact) mass is 424 g/mol. The van der Waals surface area contributed by atoms with Gasteiger partial charge in [-0.05, 0) is 0 Å². The molecule has 1 aromatic carbocycles. The topological polar surface area (TPSA) is 39.4 Å². The van der Waals surface area contributed by atoms with Crippen molar-refractivity contribution in [3.05, 3.63) is 102 Å². The van der Waals surface area contributed by atoms with Crippen molar-refractivity contribution >= 4 is 27.0 Å². The average Bonchev–Trinajstić information content (AvgIpc) is 3.47. The fraction of sp³-hybridized carbons (Fsp3) is 0.0909. The molecule has 3 heterocycles. The maximum absolute atomic E-state index is 15.9. The van der Waals surface area contributed by atoms with Gasteiger partial charge >= 0.3 is 159 Å². The summed E-state index contributed by atoms with van der Waals surface area (Å²) >= 11 is -3.99. The van der Waals surface area contributed by atoms with Gasteiger partial charge in [0.25, 0.3) is 0 Å². The van der Waals surface area contributed by atoms with Crippen LogP contribution >= 0.6 is 0 Å². The van der Waals surface area contributed by atoms with Gasteiger partial charge in [0, 0.05) is 0 Å². The minimum atomic E-state index is -3.99. The van der Waals surface area contributed by atoms with E-state index in [9.17, 15) is 0 Å². The summed E-state index contributed by atoms with van der Waals surface area (Å²) in [5, 5.41) is 0. The molecule has 3 nitrogen and oxygen atoms in total. The van der Waals surface area contributed by atoms with E-state index in [-0.39, 0.29) is 4.66 Å². The third kappa shape index (κ3) is 3.33. The third-order valence-corrected chi connectivity index (χ3v) is 13.0. The Morgan fingerprint density at radius 2 is 1.26 bits per heavy atom. The molecule has 0 aliphatic carbocycles. The van der Waals surface area contributed by atoms with Crippen molar-refractivity contribution in [3.63, 3.8) is 0 Å². The van der Waals surface area contributed by atoms with Gasteiger partial charge in [0.15, 0.2) is 0 Å². The van der Waals surface area contributed by atoms with E-state index in [4.69, 9.17) is 13.3 Å². The molecule has 0 fully saturated rings. The SMILES string of the molecule is F/[C](=C\CCc1ccccc1)[Ge]([c]1ccco1)([c]1ccco1)[c]1ccco1. The van der Waals surface area contributed by atoms with Crippen LogP contribution < -0.4 is 13.8 Å². The molecule has 0 amide bonds. The number of aryl methyl sites for hydroxylation is 1. The van der Waals surface area contributed by atoms with Crippen molar-refractivity contribution < 1.29 is 17.6 Å². The van der Waals surface area contributed by atoms with Crippen LogP contribution in [-0.4, -0.2) is 13.3 Å². The molecule has 0 saturated carbocycles. The summed E-state index contributed by atoms with van der Waals surface area (Å²) in [5.74, 6) is 0. The molecule has 3 aromatic heterocycles. The second kappa shape index (κ2) is 7.88. The first kappa shape index (κ1) is 17.7. The Hall–Kier alpha value is -2.73. The summed E-state index contributed by atoms with van der Waals surface area (Å²) in [6.45, 7) is 0. The summed E-state index contributed by atoms with van der Waals surface area (Å²) < 4.78 is 34.6. The number of furan rings is 3. The van der Waals surface area contributed by atoms with Crippen LogP contribution in [0.1, 0.15) is 12.0 Å². The number of hydrogen-bond donors (Lipinski definition) is 0. The summed E-state index contributed by atoms with van der Waals surface area (Å²) in [7, 11) is 0. The van der Waals surface area contributed by atoms with Crippen LogP contribution in [0.5, 0.6) is 0 Å². The molecular weight excluding hydrogens is 404 g/mol. The van der Waals surface area contributed by atoms with Crippen LogP contribution in [0.25, 0.3) is 0 Å². The number of benzene rings is 1. The Bertz CT molecular complexity index is 888. The molecule has 0 saturated heterocycles. The molecule has 0 bridgehead atoms. The normalized spacial score (nSPS) is 12.4. The maximum atomic E-state index is 15.9. The number of halogens is 1. The summed E-state index contributed by atoms with van der Waals surface area (Å²) in [5.41, 5.74) is 1.17. The molecule has 0 aliphatic rings. The van der Waals surface area contributed by atoms with Gasteiger partial charge in [-0.2, -0.15) is 0 Å². The number of allylic oxidation sites excluding steroid dienone is 1. The van der Waals surface area contributed by atoms with Gasteiger partial charge in [0.05, 0.1) is 0 Å². The second-order valence-corrected chi connectivity index (χ2v) is 13.5. The quantitative estimate of drug-likeness (QED) is 0.423. The Balaban J connectivity index is 1.77. The average molecular weight is 423 g/mol. The summed E-state index contributed by atoms with van der Waals surface area (Å²) in [4.78, 5) is 0. The molecule has 136 valence electrons. The van der Waals surface area contributed by atoms with Crippen LogP contribution in [0.4, 0.5) is 4.39 Å². The third-order valence-electron chi connectivity index (χ3n) is 4.63. The summed E-state index contributed by atoms with van der Waals surface area (Å²) in [6.07, 6.45) is 7.72. The van der Waals surface area contributed by atoms with Gasteiger partial charge in [-0.15, -0.1) is 0 Å². The molecule has 0 atom stereocenters. The van der Waals surface area contributed by atoms with E-state index in [2.05, 4.69) is 0 Å². The van der Waals surface area contributed by atoms with Crippen LogP contribution in [-0.2, 0) is 6.42 Å². The summed E-state index contributed by atoms with van der Waals surface area (Å²) in [6, 6.07) is 20.8. The van der Waals surface area contributed by atoms with Crippen molar-refractivity contribution in [1.82, 2.24) is 0 Å². The molecule has 4 rings (SSSR count). The molecule has 0 radical (unpaired) electrons. The standard InChI is InChI=1S/C22H19FGeO3/c23-19(11-4-10-18-8-2-1-3-9-18)24(20-12-5-15-25-20,21-13-6-16-26-21)22-14-7-17-27-22/h1-3,5-9,11-17H,4,10H2/b19-11+. The molecule has 0 unspecified atom stereocenters. The predicted octanol–water partition coefficient (Wildman–Crippen LogP) is 3.96. The number of rotatable bonds is 7. The zero-order chi connectivity index (χ0) is 18.5. The van der Waals surface area contributed by atoms with Crippen LogP contribution in [0, 0.1) is 0 Å². The zero-order valence-electron chi connectivity index (χ0n) is 14.7. The van der Waals surface area contributed by atoms with E-state index < -0.39 is 13.3 Å². The van der Waals surface area contributed by atoms with Gasteiger partial charge < -0.3 is 0 Å². The molecular formula is C22H19FGeO3. The fourth-order valence-electron chi connectivity index (χ4n) is 3.36. The second-order valence-electron chi connectivity index (χ2n) is 6.26. The van der Waals surface area contributed by atoms with Crippen molar-refractivity contribution in [1.29, 1.82) is 0 Å². The van der Waals surface area contributed by atoms with Crippen molar-refractivity contribution in [2.75, 3.05) is 0 Å². The molecule has 27 heavy (non-hydrogen) atoms. The Kier molecular flexibility index (Phi) is 5.16. The minimum absolute atomic E-state index is 0.203. The van der Waals surface area contributed by atoms with Crippen molar-refractivity contribution in [2.24, 2.45) is 0 Å². The van der Waals surface area contributed by atoms with Crippen LogP contribution in [0.2, 0.25) is 0 Å². The van der Waals surface area contributed by atoms with Gasteiger partial charge in [0.1, 0.15) is 0 Å². The molecule has 0 N–H and O–H groups in total. The molecule has 0 spiro atoms. The van der Waals surface area contributed by atoms with E-state index in [1.54, 1.807) is 43.1 Å². The van der Waals surface area contributed by atoms with Crippen LogP contribution in [0.3, 0.4) is 0 Å². The zero-order valence-corrected chi connectivity index (χ0v) is 16.8. The van der Waals surface area contributed by atoms with Crippen LogP contribution in [0.15, 0.2) is 110 Å². The van der Waals surface area contributed by atoms with E-state index >= 15 is 4.39 Å². The first-order chi connectivity index (χ1) is 13.3. The number of hydrogen-bond acceptors (Lipinski definition) is 3. The first-order valence-corrected chi connectivity index (χ1v) is 13.0. The molecule has 0 aliphatic heterocycles. The molecule has 4 aromatic rings. The fourth-order valence-corrected chi connectivity index (χ4v) is 11.0. The van der Waals surface area contributed by atoms with Crippen molar-refractivity contribution in [3.8, 4) is 0 Å². The van der Waals surface area contributed by atoms with Gasteiger partial charge in [-0.3, -0.25) is 0 Å². The van der Waals surface area contributed by atoms with E-state index in [0.717, 1.165) is 6.42 Å². The van der Waals surface area contributed by atoms with Crippen molar-refractivity contribution in [2.45, 2.75) is 12.8 Å². The Morgan fingerprint density at radius 3 is 1.70 bits per heavy atom. The Labute approximate surface area is 159 Å².